The molecule has 134 valence electrons. The van der Waals surface area contributed by atoms with Crippen LogP contribution in [0.2, 0.25) is 10.2 Å². The molecule has 2 aromatic heterocycles. The molecular formula is C17H11Cl2F2N3O2. The second kappa shape index (κ2) is 7.72. The van der Waals surface area contributed by atoms with Gasteiger partial charge in [-0.3, -0.25) is 9.20 Å². The number of amides is 1. The molecule has 1 amide bonds. The average molecular weight is 398 g/mol. The van der Waals surface area contributed by atoms with Crippen molar-refractivity contribution in [2.75, 3.05) is 5.32 Å². The number of aromatic nitrogens is 2. The van der Waals surface area contributed by atoms with Gasteiger partial charge in [-0.05, 0) is 36.4 Å². The Kier molecular flexibility index (Phi) is 5.39. The van der Waals surface area contributed by atoms with E-state index >= 15 is 0 Å². The number of nitrogens with zero attached hydrogens (tertiary/aromatic N) is 2. The largest absolute Gasteiger partial charge is 0.433 e. The van der Waals surface area contributed by atoms with E-state index in [0.29, 0.717) is 17.0 Å². The summed E-state index contributed by atoms with van der Waals surface area (Å²) in [5.41, 5.74) is 1.53. The van der Waals surface area contributed by atoms with Crippen molar-refractivity contribution in [1.82, 2.24) is 9.38 Å². The van der Waals surface area contributed by atoms with Gasteiger partial charge in [0.25, 0.3) is 0 Å². The zero-order chi connectivity index (χ0) is 18.7. The van der Waals surface area contributed by atoms with Crippen LogP contribution in [0, 0.1) is 0 Å². The van der Waals surface area contributed by atoms with E-state index in [1.54, 1.807) is 16.7 Å². The number of halogens is 4. The number of nitrogens with one attached hydrogen (secondary N) is 1. The van der Waals surface area contributed by atoms with Gasteiger partial charge >= 0.3 is 6.61 Å². The maximum Gasteiger partial charge on any atom is 0.387 e. The van der Waals surface area contributed by atoms with Crippen LogP contribution in [0.3, 0.4) is 0 Å². The Hall–Kier alpha value is -2.64. The maximum atomic E-state index is 12.2. The second-order valence-corrected chi connectivity index (χ2v) is 5.83. The van der Waals surface area contributed by atoms with Crippen LogP contribution in [0.25, 0.3) is 11.7 Å². The Morgan fingerprint density at radius 1 is 1.27 bits per heavy atom. The summed E-state index contributed by atoms with van der Waals surface area (Å²) in [5, 5.41) is 2.78. The molecule has 0 radical (unpaired) electrons. The van der Waals surface area contributed by atoms with E-state index in [9.17, 15) is 13.6 Å². The van der Waals surface area contributed by atoms with E-state index in [1.165, 1.54) is 30.4 Å². The zero-order valence-electron chi connectivity index (χ0n) is 13.0. The number of hydrogen-bond donors (Lipinski definition) is 1. The van der Waals surface area contributed by atoms with Crippen LogP contribution in [0.1, 0.15) is 5.69 Å². The van der Waals surface area contributed by atoms with Crippen molar-refractivity contribution < 1.29 is 18.3 Å². The number of fused-ring (bicyclic) bond motifs is 1. The summed E-state index contributed by atoms with van der Waals surface area (Å²) >= 11 is 11.9. The van der Waals surface area contributed by atoms with Crippen molar-refractivity contribution in [2.45, 2.75) is 6.61 Å². The molecule has 3 aromatic rings. The Morgan fingerprint density at radius 3 is 2.81 bits per heavy atom. The van der Waals surface area contributed by atoms with Crippen molar-refractivity contribution >= 4 is 46.5 Å². The van der Waals surface area contributed by atoms with Gasteiger partial charge in [-0.25, -0.2) is 4.98 Å². The lowest BCUT2D eigenvalue weighted by Crippen LogP contribution is -2.08. The summed E-state index contributed by atoms with van der Waals surface area (Å²) < 4.78 is 30.4. The third kappa shape index (κ3) is 4.12. The standard InChI is InChI=1S/C17H11Cl2F2N3O2/c18-11-9-10(4-6-13(11)26-17(20)21)22-15(25)7-5-12-16(19)23-14-3-1-2-8-24(12)14/h1-9,17H,(H,22,25)/b7-5+. The predicted molar refractivity (Wildman–Crippen MR) is 95.9 cm³/mol. The molecule has 0 aliphatic heterocycles. The smallest absolute Gasteiger partial charge is 0.387 e. The number of carbonyl (C=O) groups excluding carboxylic acids is 1. The first kappa shape index (κ1) is 18.2. The second-order valence-electron chi connectivity index (χ2n) is 5.06. The fraction of sp³-hybridized carbons (Fsp3) is 0.0588. The van der Waals surface area contributed by atoms with E-state index in [0.717, 1.165) is 0 Å². The lowest BCUT2D eigenvalue weighted by atomic mass is 10.3. The molecule has 3 rings (SSSR count). The molecule has 1 aromatic carbocycles. The van der Waals surface area contributed by atoms with Crippen LogP contribution in [0.15, 0.2) is 48.7 Å². The molecule has 26 heavy (non-hydrogen) atoms. The highest BCUT2D eigenvalue weighted by atomic mass is 35.5. The number of ether oxygens (including phenoxy) is 1. The SMILES string of the molecule is O=C(/C=C/c1c(Cl)nc2ccccn12)Nc1ccc(OC(F)F)c(Cl)c1. The van der Waals surface area contributed by atoms with Gasteiger partial charge in [0.05, 0.1) is 10.7 Å². The molecule has 0 saturated carbocycles. The van der Waals surface area contributed by atoms with Crippen molar-refractivity contribution in [3.8, 4) is 5.75 Å². The van der Waals surface area contributed by atoms with E-state index < -0.39 is 12.5 Å². The highest BCUT2D eigenvalue weighted by Gasteiger charge is 2.10. The topological polar surface area (TPSA) is 55.6 Å². The minimum Gasteiger partial charge on any atom is -0.433 e. The summed E-state index contributed by atoms with van der Waals surface area (Å²) in [4.78, 5) is 16.2. The third-order valence-electron chi connectivity index (χ3n) is 3.33. The Balaban J connectivity index is 1.73. The molecule has 0 spiro atoms. The molecule has 0 unspecified atom stereocenters. The summed E-state index contributed by atoms with van der Waals surface area (Å²) in [6.45, 7) is -2.98. The number of carbonyl (C=O) groups is 1. The molecule has 0 aliphatic carbocycles. The fourth-order valence-electron chi connectivity index (χ4n) is 2.24. The Labute approximate surface area is 156 Å². The molecule has 9 heteroatoms. The molecule has 1 N–H and O–H groups in total. The van der Waals surface area contributed by atoms with Crippen molar-refractivity contribution in [2.24, 2.45) is 0 Å². The highest BCUT2D eigenvalue weighted by molar-refractivity contribution is 6.32. The number of alkyl halides is 2. The van der Waals surface area contributed by atoms with E-state index in [2.05, 4.69) is 15.0 Å². The lowest BCUT2D eigenvalue weighted by Gasteiger charge is -2.08. The number of benzene rings is 1. The Morgan fingerprint density at radius 2 is 2.08 bits per heavy atom. The molecule has 0 aliphatic rings. The number of anilines is 1. The molecule has 0 fully saturated rings. The van der Waals surface area contributed by atoms with Crippen LogP contribution < -0.4 is 10.1 Å². The normalized spacial score (nSPS) is 11.4. The Bertz CT molecular complexity index is 989. The van der Waals surface area contributed by atoms with Gasteiger partial charge in [0.1, 0.15) is 11.4 Å². The molecular weight excluding hydrogens is 387 g/mol. The zero-order valence-corrected chi connectivity index (χ0v) is 14.5. The molecule has 0 saturated heterocycles. The van der Waals surface area contributed by atoms with Crippen LogP contribution in [-0.4, -0.2) is 21.9 Å². The van der Waals surface area contributed by atoms with E-state index in [4.69, 9.17) is 23.2 Å². The first-order valence-corrected chi connectivity index (χ1v) is 8.05. The third-order valence-corrected chi connectivity index (χ3v) is 3.90. The van der Waals surface area contributed by atoms with Crippen molar-refractivity contribution in [1.29, 1.82) is 0 Å². The number of imidazole rings is 1. The molecule has 5 nitrogen and oxygen atoms in total. The monoisotopic (exact) mass is 397 g/mol. The summed E-state index contributed by atoms with van der Waals surface area (Å²) in [7, 11) is 0. The summed E-state index contributed by atoms with van der Waals surface area (Å²) in [6.07, 6.45) is 4.57. The highest BCUT2D eigenvalue weighted by Crippen LogP contribution is 2.29. The lowest BCUT2D eigenvalue weighted by molar-refractivity contribution is -0.111. The number of hydrogen-bond acceptors (Lipinski definition) is 3. The van der Waals surface area contributed by atoms with Gasteiger partial charge in [-0.15, -0.1) is 0 Å². The quantitative estimate of drug-likeness (QED) is 0.623. The van der Waals surface area contributed by atoms with E-state index in [1.807, 2.05) is 12.1 Å². The summed E-state index contributed by atoms with van der Waals surface area (Å²) in [5.74, 6) is -0.627. The van der Waals surface area contributed by atoms with Gasteiger partial charge < -0.3 is 10.1 Å². The van der Waals surface area contributed by atoms with Crippen LogP contribution in [-0.2, 0) is 4.79 Å². The predicted octanol–water partition coefficient (Wildman–Crippen LogP) is 4.89. The van der Waals surface area contributed by atoms with Gasteiger partial charge in [-0.1, -0.05) is 29.3 Å². The summed E-state index contributed by atoms with van der Waals surface area (Å²) in [6, 6.07) is 9.38. The number of rotatable bonds is 5. The minimum absolute atomic E-state index is 0.0445. The van der Waals surface area contributed by atoms with Gasteiger partial charge in [0.2, 0.25) is 5.91 Å². The van der Waals surface area contributed by atoms with Crippen LogP contribution in [0.4, 0.5) is 14.5 Å². The van der Waals surface area contributed by atoms with Crippen molar-refractivity contribution in [3.63, 3.8) is 0 Å². The average Bonchev–Trinajstić information content (AvgIpc) is 2.90. The van der Waals surface area contributed by atoms with Gasteiger partial charge in [0.15, 0.2) is 5.15 Å². The van der Waals surface area contributed by atoms with Gasteiger partial charge in [-0.2, -0.15) is 8.78 Å². The first-order chi connectivity index (χ1) is 12.4. The number of pyridine rings is 1. The molecule has 0 atom stereocenters. The minimum atomic E-state index is -2.98. The maximum absolute atomic E-state index is 12.2. The molecule has 0 bridgehead atoms. The van der Waals surface area contributed by atoms with E-state index in [-0.39, 0.29) is 15.9 Å². The molecule has 2 heterocycles. The van der Waals surface area contributed by atoms with Crippen molar-refractivity contribution in [3.05, 3.63) is 64.5 Å². The van der Waals surface area contributed by atoms with Gasteiger partial charge in [0, 0.05) is 18.0 Å². The van der Waals surface area contributed by atoms with Crippen LogP contribution >= 0.6 is 23.2 Å². The fourth-order valence-corrected chi connectivity index (χ4v) is 2.71. The van der Waals surface area contributed by atoms with Crippen LogP contribution in [0.5, 0.6) is 5.75 Å². The first-order valence-electron chi connectivity index (χ1n) is 7.30.